The van der Waals surface area contributed by atoms with Crippen molar-refractivity contribution in [2.24, 2.45) is 0 Å². The Balaban J connectivity index is 3.19. The molecular formula is C12H20FN3O2. The van der Waals surface area contributed by atoms with Crippen molar-refractivity contribution in [1.82, 2.24) is 9.69 Å². The van der Waals surface area contributed by atoms with Gasteiger partial charge in [0.2, 0.25) is 5.88 Å². The molecule has 0 spiro atoms. The highest BCUT2D eigenvalue weighted by atomic mass is 19.2. The molecular weight excluding hydrogens is 237 g/mol. The molecule has 102 valence electrons. The molecule has 18 heavy (non-hydrogen) atoms. The summed E-state index contributed by atoms with van der Waals surface area (Å²) < 4.78 is 14.7. The third kappa shape index (κ3) is 2.42. The molecule has 3 N–H and O–H groups in total. The Morgan fingerprint density at radius 3 is 2.33 bits per heavy atom. The lowest BCUT2D eigenvalue weighted by Gasteiger charge is -2.26. The zero-order chi connectivity index (χ0) is 14.2. The monoisotopic (exact) mass is 257 g/mol. The number of hydrogen-bond donors (Lipinski definition) is 2. The Morgan fingerprint density at radius 2 is 2.00 bits per heavy atom. The van der Waals surface area contributed by atoms with Crippen LogP contribution in [0.1, 0.15) is 46.1 Å². The van der Waals surface area contributed by atoms with E-state index in [1.165, 1.54) is 6.20 Å². The topological polar surface area (TPSA) is 71.5 Å². The zero-order valence-electron chi connectivity index (χ0n) is 11.4. The molecule has 0 unspecified atom stereocenters. The molecule has 0 aliphatic heterocycles. The minimum absolute atomic E-state index is 0.0349. The fourth-order valence-corrected chi connectivity index (χ4v) is 1.52. The predicted molar refractivity (Wildman–Crippen MR) is 68.1 cm³/mol. The molecule has 0 radical (unpaired) electrons. The van der Waals surface area contributed by atoms with Gasteiger partial charge in [-0.05, 0) is 32.3 Å². The number of aromatic hydroxyl groups is 1. The van der Waals surface area contributed by atoms with Crippen molar-refractivity contribution in [3.05, 3.63) is 11.8 Å². The van der Waals surface area contributed by atoms with Gasteiger partial charge in [0.1, 0.15) is 0 Å². The van der Waals surface area contributed by atoms with E-state index < -0.39 is 17.5 Å². The number of nitrogens with zero attached hydrogens (tertiary/aromatic N) is 2. The summed E-state index contributed by atoms with van der Waals surface area (Å²) in [5.74, 6) is -0.386. The molecule has 0 bridgehead atoms. The average Bonchev–Trinajstić information content (AvgIpc) is 2.53. The molecule has 1 aromatic rings. The van der Waals surface area contributed by atoms with E-state index in [0.717, 1.165) is 4.57 Å². The highest BCUT2D eigenvalue weighted by Crippen LogP contribution is 2.33. The maximum atomic E-state index is 13.8. The molecule has 1 heterocycles. The van der Waals surface area contributed by atoms with Gasteiger partial charge in [-0.2, -0.15) is 5.12 Å². The molecule has 1 aromatic heterocycles. The van der Waals surface area contributed by atoms with Crippen molar-refractivity contribution >= 4 is 11.7 Å². The van der Waals surface area contributed by atoms with Crippen LogP contribution < -0.4 is 5.73 Å². The standard InChI is InChI=1S/C12H20FN3O2/c1-7(2)8-6-15(10(17)9(8)14)11(18)16(13)12(3,4)5/h6-7,17H,14H2,1-5H3. The molecule has 5 nitrogen and oxygen atoms in total. The van der Waals surface area contributed by atoms with Gasteiger partial charge in [-0.25, -0.2) is 9.36 Å². The third-order valence-corrected chi connectivity index (χ3v) is 2.63. The van der Waals surface area contributed by atoms with Crippen molar-refractivity contribution in [1.29, 1.82) is 0 Å². The molecule has 0 saturated heterocycles. The van der Waals surface area contributed by atoms with Gasteiger partial charge in [0.25, 0.3) is 0 Å². The average molecular weight is 257 g/mol. The van der Waals surface area contributed by atoms with Gasteiger partial charge in [0, 0.05) is 6.20 Å². The fraction of sp³-hybridized carbons (Fsp3) is 0.583. The Labute approximate surface area is 106 Å². The van der Waals surface area contributed by atoms with E-state index in [-0.39, 0.29) is 16.7 Å². The summed E-state index contributed by atoms with van der Waals surface area (Å²) >= 11 is 0. The maximum Gasteiger partial charge on any atom is 0.359 e. The smallest absolute Gasteiger partial charge is 0.359 e. The van der Waals surface area contributed by atoms with Crippen LogP contribution in [0.4, 0.5) is 15.0 Å². The third-order valence-electron chi connectivity index (χ3n) is 2.63. The van der Waals surface area contributed by atoms with Crippen LogP contribution in [-0.4, -0.2) is 26.4 Å². The van der Waals surface area contributed by atoms with Crippen molar-refractivity contribution in [2.75, 3.05) is 5.73 Å². The molecule has 0 fully saturated rings. The van der Waals surface area contributed by atoms with Crippen LogP contribution in [-0.2, 0) is 0 Å². The van der Waals surface area contributed by atoms with Crippen LogP contribution in [0, 0.1) is 0 Å². The normalized spacial score (nSPS) is 11.9. The molecule has 0 aliphatic rings. The summed E-state index contributed by atoms with van der Waals surface area (Å²) in [5.41, 5.74) is 5.43. The molecule has 0 atom stereocenters. The van der Waals surface area contributed by atoms with E-state index >= 15 is 0 Å². The lowest BCUT2D eigenvalue weighted by molar-refractivity contribution is -0.0109. The van der Waals surface area contributed by atoms with Gasteiger partial charge < -0.3 is 10.8 Å². The second-order valence-corrected chi connectivity index (χ2v) is 5.58. The van der Waals surface area contributed by atoms with Crippen LogP contribution in [0.3, 0.4) is 0 Å². The van der Waals surface area contributed by atoms with Gasteiger partial charge >= 0.3 is 6.03 Å². The van der Waals surface area contributed by atoms with E-state index in [1.807, 2.05) is 13.8 Å². The predicted octanol–water partition coefficient (Wildman–Crippen LogP) is 2.85. The number of amides is 1. The van der Waals surface area contributed by atoms with Gasteiger partial charge in [-0.1, -0.05) is 18.3 Å². The molecule has 1 rings (SSSR count). The molecule has 0 aromatic carbocycles. The van der Waals surface area contributed by atoms with Gasteiger partial charge in [-0.15, -0.1) is 0 Å². The Bertz CT molecular complexity index is 461. The highest BCUT2D eigenvalue weighted by Gasteiger charge is 2.30. The largest absolute Gasteiger partial charge is 0.493 e. The van der Waals surface area contributed by atoms with Crippen molar-refractivity contribution in [3.63, 3.8) is 0 Å². The number of anilines is 1. The lowest BCUT2D eigenvalue weighted by Crippen LogP contribution is -2.41. The first-order valence-electron chi connectivity index (χ1n) is 5.77. The molecule has 6 heteroatoms. The minimum atomic E-state index is -0.986. The van der Waals surface area contributed by atoms with Crippen molar-refractivity contribution in [2.45, 2.75) is 46.1 Å². The second kappa shape index (κ2) is 4.51. The van der Waals surface area contributed by atoms with Gasteiger partial charge in [0.15, 0.2) is 0 Å². The Morgan fingerprint density at radius 1 is 1.50 bits per heavy atom. The van der Waals surface area contributed by atoms with Crippen LogP contribution in [0.2, 0.25) is 0 Å². The van der Waals surface area contributed by atoms with Crippen molar-refractivity contribution < 1.29 is 14.4 Å². The Kier molecular flexibility index (Phi) is 3.59. The summed E-state index contributed by atoms with van der Waals surface area (Å²) in [6.07, 6.45) is 1.37. The molecule has 0 aliphatic carbocycles. The first kappa shape index (κ1) is 14.3. The van der Waals surface area contributed by atoms with E-state index in [1.54, 1.807) is 20.8 Å². The first-order chi connectivity index (χ1) is 8.07. The number of nitrogen functional groups attached to an aromatic ring is 1. The minimum Gasteiger partial charge on any atom is -0.493 e. The number of carbonyl (C=O) groups excluding carboxylic acids is 1. The molecule has 1 amide bonds. The summed E-state index contributed by atoms with van der Waals surface area (Å²) in [6, 6.07) is -0.960. The van der Waals surface area contributed by atoms with Gasteiger partial charge in [0.05, 0.1) is 11.2 Å². The highest BCUT2D eigenvalue weighted by molar-refractivity contribution is 5.81. The summed E-state index contributed by atoms with van der Waals surface area (Å²) in [5, 5.41) is 9.84. The number of aromatic nitrogens is 1. The summed E-state index contributed by atoms with van der Waals surface area (Å²) in [6.45, 7) is 8.41. The quantitative estimate of drug-likeness (QED) is 0.760. The van der Waals surface area contributed by atoms with E-state index in [4.69, 9.17) is 5.73 Å². The van der Waals surface area contributed by atoms with Crippen LogP contribution >= 0.6 is 0 Å². The van der Waals surface area contributed by atoms with Gasteiger partial charge in [-0.3, -0.25) is 0 Å². The SMILES string of the molecule is CC(C)c1cn(C(=O)N(F)C(C)(C)C)c(O)c1N. The number of halogens is 1. The van der Waals surface area contributed by atoms with E-state index in [2.05, 4.69) is 0 Å². The van der Waals surface area contributed by atoms with Crippen LogP contribution in [0.15, 0.2) is 6.20 Å². The fourth-order valence-electron chi connectivity index (χ4n) is 1.52. The van der Waals surface area contributed by atoms with Crippen molar-refractivity contribution in [3.8, 4) is 5.88 Å². The summed E-state index contributed by atoms with van der Waals surface area (Å²) in [7, 11) is 0. The van der Waals surface area contributed by atoms with E-state index in [0.29, 0.717) is 5.56 Å². The number of rotatable bonds is 1. The lowest BCUT2D eigenvalue weighted by atomic mass is 10.1. The second-order valence-electron chi connectivity index (χ2n) is 5.58. The Hall–Kier alpha value is -1.72. The number of carbonyl (C=O) groups is 1. The van der Waals surface area contributed by atoms with Crippen LogP contribution in [0.25, 0.3) is 0 Å². The zero-order valence-corrected chi connectivity index (χ0v) is 11.4. The first-order valence-corrected chi connectivity index (χ1v) is 5.77. The van der Waals surface area contributed by atoms with E-state index in [9.17, 15) is 14.4 Å². The summed E-state index contributed by atoms with van der Waals surface area (Å²) in [4.78, 5) is 11.9. The molecule has 0 saturated carbocycles. The maximum absolute atomic E-state index is 13.8. The number of nitrogens with two attached hydrogens (primary N) is 1. The number of hydrogen-bond acceptors (Lipinski definition) is 3. The van der Waals surface area contributed by atoms with Crippen LogP contribution in [0.5, 0.6) is 5.88 Å².